The molecule has 0 spiro atoms. The lowest BCUT2D eigenvalue weighted by atomic mass is 10.1. The van der Waals surface area contributed by atoms with Crippen molar-refractivity contribution in [3.63, 3.8) is 0 Å². The maximum Gasteiger partial charge on any atom is 0.254 e. The number of hydrogen-bond donors (Lipinski definition) is 0. The highest BCUT2D eigenvalue weighted by Gasteiger charge is 2.30. The summed E-state index contributed by atoms with van der Waals surface area (Å²) in [6.07, 6.45) is 0. The van der Waals surface area contributed by atoms with Crippen molar-refractivity contribution in [1.29, 1.82) is 0 Å². The normalized spacial score (nSPS) is 18.8. The molecule has 0 radical (unpaired) electrons. The van der Waals surface area contributed by atoms with E-state index in [0.29, 0.717) is 10.7 Å². The van der Waals surface area contributed by atoms with Crippen LogP contribution < -0.4 is 0 Å². The Labute approximate surface area is 117 Å². The second-order valence-corrected chi connectivity index (χ2v) is 7.34. The lowest BCUT2D eigenvalue weighted by Crippen LogP contribution is -2.46. The highest BCUT2D eigenvalue weighted by Crippen LogP contribution is 2.30. The Bertz CT molecular complexity index is 456. The number of amides is 1. The minimum atomic E-state index is 0.0516. The zero-order chi connectivity index (χ0) is 13.3. The molecule has 0 aliphatic carbocycles. The second-order valence-electron chi connectivity index (χ2n) is 5.15. The summed E-state index contributed by atoms with van der Waals surface area (Å²) in [4.78, 5) is 18.4. The second kappa shape index (κ2) is 5.10. The largest absolute Gasteiger partial charge is 0.336 e. The fourth-order valence-electron chi connectivity index (χ4n) is 2.12. The molecule has 0 N–H and O–H groups in total. The Morgan fingerprint density at radius 2 is 2.22 bits per heavy atom. The SMILES string of the molecule is Cc1cc(C(=O)N2CCSC(C)(C)C2)cc(Cl)n1. The van der Waals surface area contributed by atoms with E-state index in [0.717, 1.165) is 24.5 Å². The minimum Gasteiger partial charge on any atom is -0.336 e. The predicted octanol–water partition coefficient (Wildman–Crippen LogP) is 3.01. The first-order chi connectivity index (χ1) is 8.37. The van der Waals surface area contributed by atoms with Crippen molar-refractivity contribution in [1.82, 2.24) is 9.88 Å². The van der Waals surface area contributed by atoms with E-state index in [1.807, 2.05) is 23.6 Å². The monoisotopic (exact) mass is 284 g/mol. The molecule has 98 valence electrons. The van der Waals surface area contributed by atoms with Gasteiger partial charge in [0.1, 0.15) is 5.15 Å². The van der Waals surface area contributed by atoms with Crippen LogP contribution in [0.25, 0.3) is 0 Å². The first-order valence-corrected chi connectivity index (χ1v) is 7.31. The molecule has 1 aliphatic heterocycles. The number of halogens is 1. The highest BCUT2D eigenvalue weighted by molar-refractivity contribution is 8.00. The fourth-order valence-corrected chi connectivity index (χ4v) is 3.49. The maximum atomic E-state index is 12.4. The minimum absolute atomic E-state index is 0.0516. The molecule has 1 amide bonds. The Morgan fingerprint density at radius 1 is 1.50 bits per heavy atom. The predicted molar refractivity (Wildman–Crippen MR) is 76.4 cm³/mol. The zero-order valence-corrected chi connectivity index (χ0v) is 12.4. The van der Waals surface area contributed by atoms with Crippen LogP contribution in [0.1, 0.15) is 29.9 Å². The van der Waals surface area contributed by atoms with E-state index < -0.39 is 0 Å². The van der Waals surface area contributed by atoms with Crippen molar-refractivity contribution < 1.29 is 4.79 Å². The number of thioether (sulfide) groups is 1. The van der Waals surface area contributed by atoms with Crippen molar-refractivity contribution >= 4 is 29.3 Å². The summed E-state index contributed by atoms with van der Waals surface area (Å²) in [5.41, 5.74) is 1.41. The van der Waals surface area contributed by atoms with Crippen LogP contribution in [0.4, 0.5) is 0 Å². The third-order valence-electron chi connectivity index (χ3n) is 2.88. The van der Waals surface area contributed by atoms with Crippen molar-refractivity contribution in [2.75, 3.05) is 18.8 Å². The highest BCUT2D eigenvalue weighted by atomic mass is 35.5. The Balaban J connectivity index is 2.20. The van der Waals surface area contributed by atoms with Gasteiger partial charge in [-0.05, 0) is 32.9 Å². The fraction of sp³-hybridized carbons (Fsp3) is 0.538. The van der Waals surface area contributed by atoms with Crippen molar-refractivity contribution in [2.45, 2.75) is 25.5 Å². The summed E-state index contributed by atoms with van der Waals surface area (Å²) in [6.45, 7) is 7.75. The topological polar surface area (TPSA) is 33.2 Å². The van der Waals surface area contributed by atoms with Gasteiger partial charge in [0.25, 0.3) is 5.91 Å². The van der Waals surface area contributed by atoms with Gasteiger partial charge in [0.05, 0.1) is 0 Å². The van der Waals surface area contributed by atoms with E-state index in [2.05, 4.69) is 18.8 Å². The lowest BCUT2D eigenvalue weighted by Gasteiger charge is -2.37. The van der Waals surface area contributed by atoms with Gasteiger partial charge in [-0.2, -0.15) is 11.8 Å². The molecule has 0 aromatic carbocycles. The van der Waals surface area contributed by atoms with Crippen molar-refractivity contribution in [3.05, 3.63) is 28.5 Å². The lowest BCUT2D eigenvalue weighted by molar-refractivity contribution is 0.0748. The Morgan fingerprint density at radius 3 is 2.83 bits per heavy atom. The van der Waals surface area contributed by atoms with E-state index in [9.17, 15) is 4.79 Å². The van der Waals surface area contributed by atoms with Crippen LogP contribution in [0.15, 0.2) is 12.1 Å². The van der Waals surface area contributed by atoms with Crippen LogP contribution in [0.2, 0.25) is 5.15 Å². The molecule has 1 aromatic heterocycles. The average Bonchev–Trinajstić information content (AvgIpc) is 2.25. The Hall–Kier alpha value is -0.740. The van der Waals surface area contributed by atoms with E-state index in [4.69, 9.17) is 11.6 Å². The standard InChI is InChI=1S/C13H17ClN2OS/c1-9-6-10(7-11(14)15-9)12(17)16-4-5-18-13(2,3)8-16/h6-7H,4-5,8H2,1-3H3. The van der Waals surface area contributed by atoms with Crippen LogP contribution in [0.3, 0.4) is 0 Å². The molecule has 1 aliphatic rings. The number of pyridine rings is 1. The van der Waals surface area contributed by atoms with Gasteiger partial charge < -0.3 is 4.90 Å². The van der Waals surface area contributed by atoms with Gasteiger partial charge in [-0.25, -0.2) is 4.98 Å². The average molecular weight is 285 g/mol. The quantitative estimate of drug-likeness (QED) is 0.743. The Kier molecular flexibility index (Phi) is 3.87. The number of carbonyl (C=O) groups excluding carboxylic acids is 1. The molecule has 0 bridgehead atoms. The van der Waals surface area contributed by atoms with Gasteiger partial charge >= 0.3 is 0 Å². The molecule has 2 rings (SSSR count). The first-order valence-electron chi connectivity index (χ1n) is 5.95. The summed E-state index contributed by atoms with van der Waals surface area (Å²) in [6, 6.07) is 3.44. The number of rotatable bonds is 1. The van der Waals surface area contributed by atoms with Gasteiger partial charge in [0, 0.05) is 34.8 Å². The molecule has 0 unspecified atom stereocenters. The molecular formula is C13H17ClN2OS. The summed E-state index contributed by atoms with van der Waals surface area (Å²) < 4.78 is 0.125. The molecular weight excluding hydrogens is 268 g/mol. The van der Waals surface area contributed by atoms with Gasteiger partial charge in [0.15, 0.2) is 0 Å². The van der Waals surface area contributed by atoms with Crippen molar-refractivity contribution in [2.24, 2.45) is 0 Å². The number of nitrogens with zero attached hydrogens (tertiary/aromatic N) is 2. The van der Waals surface area contributed by atoms with Crippen LogP contribution in [-0.2, 0) is 0 Å². The zero-order valence-electron chi connectivity index (χ0n) is 10.9. The van der Waals surface area contributed by atoms with Crippen LogP contribution in [0, 0.1) is 6.92 Å². The molecule has 0 saturated carbocycles. The molecule has 5 heteroatoms. The van der Waals surface area contributed by atoms with Gasteiger partial charge in [-0.3, -0.25) is 4.79 Å². The molecule has 3 nitrogen and oxygen atoms in total. The van der Waals surface area contributed by atoms with E-state index >= 15 is 0 Å². The van der Waals surface area contributed by atoms with Crippen molar-refractivity contribution in [3.8, 4) is 0 Å². The molecule has 1 saturated heterocycles. The molecule has 0 atom stereocenters. The van der Waals surface area contributed by atoms with Crippen LogP contribution in [-0.4, -0.2) is 39.4 Å². The third kappa shape index (κ3) is 3.18. The molecule has 2 heterocycles. The smallest absolute Gasteiger partial charge is 0.254 e. The van der Waals surface area contributed by atoms with Crippen LogP contribution >= 0.6 is 23.4 Å². The molecule has 18 heavy (non-hydrogen) atoms. The summed E-state index contributed by atoms with van der Waals surface area (Å²) in [7, 11) is 0. The number of hydrogen-bond acceptors (Lipinski definition) is 3. The maximum absolute atomic E-state index is 12.4. The summed E-state index contributed by atoms with van der Waals surface area (Å²) in [5, 5.41) is 0.379. The number of aromatic nitrogens is 1. The first kappa shape index (κ1) is 13.7. The third-order valence-corrected chi connectivity index (χ3v) is 4.37. The van der Waals surface area contributed by atoms with E-state index in [-0.39, 0.29) is 10.7 Å². The summed E-state index contributed by atoms with van der Waals surface area (Å²) in [5.74, 6) is 1.03. The van der Waals surface area contributed by atoms with Crippen LogP contribution in [0.5, 0.6) is 0 Å². The van der Waals surface area contributed by atoms with E-state index in [1.54, 1.807) is 12.1 Å². The molecule has 1 fully saturated rings. The summed E-state index contributed by atoms with van der Waals surface area (Å²) >= 11 is 7.81. The molecule has 1 aromatic rings. The van der Waals surface area contributed by atoms with Gasteiger partial charge in [-0.15, -0.1) is 0 Å². The number of aryl methyl sites for hydroxylation is 1. The van der Waals surface area contributed by atoms with Gasteiger partial charge in [0.2, 0.25) is 0 Å². The van der Waals surface area contributed by atoms with Gasteiger partial charge in [-0.1, -0.05) is 11.6 Å². The number of carbonyl (C=O) groups is 1. The van der Waals surface area contributed by atoms with E-state index in [1.165, 1.54) is 0 Å².